The van der Waals surface area contributed by atoms with E-state index in [2.05, 4.69) is 4.98 Å². The summed E-state index contributed by atoms with van der Waals surface area (Å²) in [6.07, 6.45) is -0.626. The van der Waals surface area contributed by atoms with Crippen LogP contribution in [0.4, 0.5) is 5.82 Å². The maximum atomic E-state index is 12.0. The maximum Gasteiger partial charge on any atom is 0.351 e. The van der Waals surface area contributed by atoms with E-state index < -0.39 is 29.7 Å². The molecule has 4 unspecified atom stereocenters. The molecule has 8 heteroatoms. The van der Waals surface area contributed by atoms with Crippen LogP contribution in [0.25, 0.3) is 0 Å². The fourth-order valence-corrected chi connectivity index (χ4v) is 2.77. The molecule has 8 nitrogen and oxygen atoms in total. The second-order valence-electron chi connectivity index (χ2n) is 5.26. The molecule has 3 rings (SSSR count). The molecule has 4 N–H and O–H groups in total. The van der Waals surface area contributed by atoms with Crippen LogP contribution in [0.3, 0.4) is 0 Å². The Hall–Kier alpha value is -1.48. The summed E-state index contributed by atoms with van der Waals surface area (Å²) in [5.41, 5.74) is 4.56. The Kier molecular flexibility index (Phi) is 3.05. The van der Waals surface area contributed by atoms with E-state index >= 15 is 0 Å². The van der Waals surface area contributed by atoms with Gasteiger partial charge in [0.25, 0.3) is 0 Å². The minimum absolute atomic E-state index is 0.158. The molecule has 2 fully saturated rings. The van der Waals surface area contributed by atoms with E-state index in [9.17, 15) is 15.0 Å². The molecule has 2 aliphatic rings. The van der Waals surface area contributed by atoms with Gasteiger partial charge in [-0.25, -0.2) is 4.79 Å². The molecule has 4 atom stereocenters. The molecule has 2 saturated heterocycles. The smallest absolute Gasteiger partial charge is 0.351 e. The number of nitrogen functional groups attached to an aromatic ring is 1. The normalized spacial score (nSPS) is 36.2. The van der Waals surface area contributed by atoms with Gasteiger partial charge in [0.2, 0.25) is 0 Å². The van der Waals surface area contributed by atoms with Gasteiger partial charge in [0.1, 0.15) is 23.6 Å². The summed E-state index contributed by atoms with van der Waals surface area (Å²) in [5, 5.41) is 19.7. The lowest BCUT2D eigenvalue weighted by molar-refractivity contribution is -0.144. The van der Waals surface area contributed by atoms with Crippen LogP contribution in [0.2, 0.25) is 0 Å². The molecule has 1 aromatic rings. The molecule has 2 bridgehead atoms. The highest BCUT2D eigenvalue weighted by Crippen LogP contribution is 2.43. The molecule has 1 aromatic heterocycles. The zero-order valence-corrected chi connectivity index (χ0v) is 11.0. The van der Waals surface area contributed by atoms with Crippen molar-refractivity contribution in [1.29, 1.82) is 0 Å². The van der Waals surface area contributed by atoms with Crippen molar-refractivity contribution in [3.8, 4) is 0 Å². The van der Waals surface area contributed by atoms with E-state index in [-0.39, 0.29) is 12.4 Å². The van der Waals surface area contributed by atoms with Crippen LogP contribution in [0.15, 0.2) is 11.0 Å². The SMILES string of the molecule is Cc1cn(C2OC3(CO)CCOC2C3O)c(=O)nc1N. The van der Waals surface area contributed by atoms with Crippen LogP contribution < -0.4 is 11.4 Å². The second-order valence-corrected chi connectivity index (χ2v) is 5.26. The van der Waals surface area contributed by atoms with Crippen LogP contribution in [-0.4, -0.2) is 50.8 Å². The number of aryl methyl sites for hydroxylation is 1. The Morgan fingerprint density at radius 3 is 3.05 bits per heavy atom. The Balaban J connectivity index is 2.04. The molecule has 110 valence electrons. The summed E-state index contributed by atoms with van der Waals surface area (Å²) >= 11 is 0. The average molecular weight is 283 g/mol. The van der Waals surface area contributed by atoms with Crippen LogP contribution in [-0.2, 0) is 9.47 Å². The van der Waals surface area contributed by atoms with Gasteiger partial charge in [-0.2, -0.15) is 4.98 Å². The highest BCUT2D eigenvalue weighted by atomic mass is 16.6. The Morgan fingerprint density at radius 2 is 2.40 bits per heavy atom. The standard InChI is InChI=1S/C12H17N3O5/c1-6-4-15(11(18)14-9(6)13)10-7-8(17)12(5-16,20-10)2-3-19-7/h4,7-8,10,16-17H,2-3,5H2,1H3,(H2,13,14,18). The van der Waals surface area contributed by atoms with E-state index in [1.807, 2.05) is 0 Å². The summed E-state index contributed by atoms with van der Waals surface area (Å²) in [6, 6.07) is 0. The number of ether oxygens (including phenoxy) is 2. The largest absolute Gasteiger partial charge is 0.393 e. The van der Waals surface area contributed by atoms with Crippen LogP contribution in [0.5, 0.6) is 0 Å². The van der Waals surface area contributed by atoms with Gasteiger partial charge in [-0.05, 0) is 6.92 Å². The molecular weight excluding hydrogens is 266 g/mol. The van der Waals surface area contributed by atoms with E-state index in [0.29, 0.717) is 18.6 Å². The van der Waals surface area contributed by atoms with Gasteiger partial charge in [0, 0.05) is 18.2 Å². The summed E-state index contributed by atoms with van der Waals surface area (Å²) in [6.45, 7) is 1.74. The number of hydrogen-bond acceptors (Lipinski definition) is 7. The molecule has 20 heavy (non-hydrogen) atoms. The van der Waals surface area contributed by atoms with E-state index in [0.717, 1.165) is 0 Å². The van der Waals surface area contributed by atoms with Crippen molar-refractivity contribution in [3.05, 3.63) is 22.2 Å². The Labute approximate surface area is 114 Å². The number of aliphatic hydroxyl groups excluding tert-OH is 2. The number of nitrogens with zero attached hydrogens (tertiary/aromatic N) is 2. The topological polar surface area (TPSA) is 120 Å². The number of hydrogen-bond donors (Lipinski definition) is 3. The predicted molar refractivity (Wildman–Crippen MR) is 67.9 cm³/mol. The zero-order chi connectivity index (χ0) is 14.5. The minimum atomic E-state index is -1.08. The fraction of sp³-hybridized carbons (Fsp3) is 0.667. The van der Waals surface area contributed by atoms with Crippen molar-refractivity contribution in [2.24, 2.45) is 0 Å². The van der Waals surface area contributed by atoms with Crippen molar-refractivity contribution in [1.82, 2.24) is 9.55 Å². The Morgan fingerprint density at radius 1 is 1.65 bits per heavy atom. The lowest BCUT2D eigenvalue weighted by Gasteiger charge is -2.33. The van der Waals surface area contributed by atoms with E-state index in [4.69, 9.17) is 15.2 Å². The molecule has 3 heterocycles. The van der Waals surface area contributed by atoms with Crippen molar-refractivity contribution in [3.63, 3.8) is 0 Å². The first-order valence-electron chi connectivity index (χ1n) is 6.42. The molecule has 0 spiro atoms. The van der Waals surface area contributed by atoms with Gasteiger partial charge in [-0.3, -0.25) is 4.57 Å². The number of aromatic nitrogens is 2. The van der Waals surface area contributed by atoms with Crippen molar-refractivity contribution in [2.75, 3.05) is 18.9 Å². The van der Waals surface area contributed by atoms with Crippen LogP contribution in [0.1, 0.15) is 18.2 Å². The minimum Gasteiger partial charge on any atom is -0.393 e. The third kappa shape index (κ3) is 1.76. The van der Waals surface area contributed by atoms with Crippen molar-refractivity contribution in [2.45, 2.75) is 37.4 Å². The predicted octanol–water partition coefficient (Wildman–Crippen LogP) is -1.46. The van der Waals surface area contributed by atoms with Crippen molar-refractivity contribution < 1.29 is 19.7 Å². The van der Waals surface area contributed by atoms with E-state index in [1.54, 1.807) is 6.92 Å². The maximum absolute atomic E-state index is 12.0. The molecular formula is C12H17N3O5. The second kappa shape index (κ2) is 4.52. The molecule has 2 aliphatic heterocycles. The molecule has 0 amide bonds. The molecule has 0 aliphatic carbocycles. The quantitative estimate of drug-likeness (QED) is 0.607. The van der Waals surface area contributed by atoms with Gasteiger partial charge in [-0.15, -0.1) is 0 Å². The lowest BCUT2D eigenvalue weighted by atomic mass is 9.90. The third-order valence-electron chi connectivity index (χ3n) is 4.04. The third-order valence-corrected chi connectivity index (χ3v) is 4.04. The zero-order valence-electron chi connectivity index (χ0n) is 11.0. The van der Waals surface area contributed by atoms with Gasteiger partial charge in [0.05, 0.1) is 13.2 Å². The van der Waals surface area contributed by atoms with Gasteiger partial charge >= 0.3 is 5.69 Å². The number of fused-ring (bicyclic) bond motifs is 2. The first-order valence-corrected chi connectivity index (χ1v) is 6.42. The van der Waals surface area contributed by atoms with Crippen molar-refractivity contribution >= 4 is 5.82 Å². The molecule has 0 saturated carbocycles. The van der Waals surface area contributed by atoms with Gasteiger partial charge in [0.15, 0.2) is 6.23 Å². The number of anilines is 1. The number of aliphatic hydroxyl groups is 2. The highest BCUT2D eigenvalue weighted by molar-refractivity contribution is 5.35. The summed E-state index contributed by atoms with van der Waals surface area (Å²) in [7, 11) is 0. The monoisotopic (exact) mass is 283 g/mol. The molecule has 0 radical (unpaired) electrons. The molecule has 0 aromatic carbocycles. The Bertz CT molecular complexity index is 589. The fourth-order valence-electron chi connectivity index (χ4n) is 2.77. The summed E-state index contributed by atoms with van der Waals surface area (Å²) in [4.78, 5) is 15.7. The summed E-state index contributed by atoms with van der Waals surface area (Å²) in [5.74, 6) is 0.158. The van der Waals surface area contributed by atoms with Gasteiger partial charge < -0.3 is 25.4 Å². The first-order chi connectivity index (χ1) is 9.48. The highest BCUT2D eigenvalue weighted by Gasteiger charge is 2.58. The first kappa shape index (κ1) is 13.5. The van der Waals surface area contributed by atoms with Gasteiger partial charge in [-0.1, -0.05) is 0 Å². The lowest BCUT2D eigenvalue weighted by Crippen LogP contribution is -2.51. The number of rotatable bonds is 2. The van der Waals surface area contributed by atoms with E-state index in [1.165, 1.54) is 10.8 Å². The average Bonchev–Trinajstić information content (AvgIpc) is 2.60. The number of nitrogens with two attached hydrogens (primary N) is 1. The van der Waals surface area contributed by atoms with Crippen LogP contribution in [0, 0.1) is 6.92 Å². The van der Waals surface area contributed by atoms with Crippen LogP contribution >= 0.6 is 0 Å². The summed E-state index contributed by atoms with van der Waals surface area (Å²) < 4.78 is 12.5.